The van der Waals surface area contributed by atoms with Crippen LogP contribution in [0.4, 0.5) is 4.79 Å². The molecule has 100 valence electrons. The summed E-state index contributed by atoms with van der Waals surface area (Å²) in [7, 11) is 1.54. The number of nitriles is 1. The van der Waals surface area contributed by atoms with Crippen molar-refractivity contribution in [1.29, 1.82) is 5.26 Å². The Morgan fingerprint density at radius 3 is 2.79 bits per heavy atom. The molecule has 0 saturated carbocycles. The summed E-state index contributed by atoms with van der Waals surface area (Å²) in [5, 5.41) is 18.8. The summed E-state index contributed by atoms with van der Waals surface area (Å²) in [5.74, 6) is 0. The molecule has 1 aliphatic heterocycles. The van der Waals surface area contributed by atoms with E-state index in [2.05, 4.69) is 6.07 Å². The van der Waals surface area contributed by atoms with Crippen LogP contribution in [0.25, 0.3) is 0 Å². The van der Waals surface area contributed by atoms with Gasteiger partial charge in [-0.1, -0.05) is 30.3 Å². The van der Waals surface area contributed by atoms with Gasteiger partial charge in [-0.25, -0.2) is 4.79 Å². The fourth-order valence-corrected chi connectivity index (χ4v) is 2.60. The van der Waals surface area contributed by atoms with Gasteiger partial charge in [0.2, 0.25) is 0 Å². The topological polar surface area (TPSA) is 73.6 Å². The molecule has 1 aliphatic rings. The summed E-state index contributed by atoms with van der Waals surface area (Å²) < 4.78 is 5.23. The second-order valence-electron chi connectivity index (χ2n) is 4.76. The SMILES string of the molecule is CO[C@H]1CN(C(=O)O)[C@@](C#N)(Cc2ccccc2)C1. The van der Waals surface area contributed by atoms with Crippen LogP contribution in [0.2, 0.25) is 0 Å². The Balaban J connectivity index is 2.30. The van der Waals surface area contributed by atoms with E-state index in [4.69, 9.17) is 4.74 Å². The van der Waals surface area contributed by atoms with Gasteiger partial charge in [0.1, 0.15) is 5.54 Å². The largest absolute Gasteiger partial charge is 0.465 e. The lowest BCUT2D eigenvalue weighted by Gasteiger charge is -2.29. The smallest absolute Gasteiger partial charge is 0.408 e. The van der Waals surface area contributed by atoms with Gasteiger partial charge in [-0.05, 0) is 5.56 Å². The van der Waals surface area contributed by atoms with Crippen LogP contribution in [-0.2, 0) is 11.2 Å². The summed E-state index contributed by atoms with van der Waals surface area (Å²) in [6.45, 7) is 0.242. The fourth-order valence-electron chi connectivity index (χ4n) is 2.60. The van der Waals surface area contributed by atoms with Gasteiger partial charge in [0.25, 0.3) is 0 Å². The van der Waals surface area contributed by atoms with Gasteiger partial charge in [0, 0.05) is 20.0 Å². The Hall–Kier alpha value is -2.06. The summed E-state index contributed by atoms with van der Waals surface area (Å²) in [6, 6.07) is 11.7. The summed E-state index contributed by atoms with van der Waals surface area (Å²) in [5.41, 5.74) is -0.0829. The van der Waals surface area contributed by atoms with Crippen LogP contribution in [0.1, 0.15) is 12.0 Å². The Bertz CT molecular complexity index is 497. The molecule has 0 spiro atoms. The molecule has 1 aromatic rings. The van der Waals surface area contributed by atoms with Crippen LogP contribution in [0.3, 0.4) is 0 Å². The maximum Gasteiger partial charge on any atom is 0.408 e. The van der Waals surface area contributed by atoms with Crippen LogP contribution in [0, 0.1) is 11.3 Å². The molecule has 5 heteroatoms. The highest BCUT2D eigenvalue weighted by molar-refractivity contribution is 5.68. The highest BCUT2D eigenvalue weighted by Crippen LogP contribution is 2.33. The average Bonchev–Trinajstić information content (AvgIpc) is 2.79. The lowest BCUT2D eigenvalue weighted by atomic mass is 9.89. The number of carbonyl (C=O) groups is 1. The molecule has 1 aromatic carbocycles. The number of ether oxygens (including phenoxy) is 1. The summed E-state index contributed by atoms with van der Waals surface area (Å²) >= 11 is 0. The maximum absolute atomic E-state index is 11.3. The molecule has 1 saturated heterocycles. The van der Waals surface area contributed by atoms with Gasteiger partial charge in [-0.2, -0.15) is 5.26 Å². The van der Waals surface area contributed by atoms with Gasteiger partial charge >= 0.3 is 6.09 Å². The van der Waals surface area contributed by atoms with Gasteiger partial charge in [-0.15, -0.1) is 0 Å². The Labute approximate surface area is 112 Å². The first-order valence-corrected chi connectivity index (χ1v) is 6.10. The molecule has 1 N–H and O–H groups in total. The van der Waals surface area contributed by atoms with E-state index in [1.807, 2.05) is 30.3 Å². The number of rotatable bonds is 3. The van der Waals surface area contributed by atoms with Crippen LogP contribution in [0.15, 0.2) is 30.3 Å². The Kier molecular flexibility index (Phi) is 3.72. The monoisotopic (exact) mass is 260 g/mol. The zero-order chi connectivity index (χ0) is 13.9. The summed E-state index contributed by atoms with van der Waals surface area (Å²) in [4.78, 5) is 12.5. The number of likely N-dealkylation sites (tertiary alicyclic amines) is 1. The predicted molar refractivity (Wildman–Crippen MR) is 68.6 cm³/mol. The quantitative estimate of drug-likeness (QED) is 0.900. The van der Waals surface area contributed by atoms with E-state index in [1.54, 1.807) is 7.11 Å². The van der Waals surface area contributed by atoms with E-state index in [1.165, 1.54) is 4.90 Å². The third kappa shape index (κ3) is 2.54. The van der Waals surface area contributed by atoms with Crippen molar-refractivity contribution in [3.63, 3.8) is 0 Å². The highest BCUT2D eigenvalue weighted by Gasteiger charge is 2.49. The number of amides is 1. The zero-order valence-electron chi connectivity index (χ0n) is 10.7. The molecule has 2 rings (SSSR count). The number of benzene rings is 1. The molecule has 19 heavy (non-hydrogen) atoms. The van der Waals surface area contributed by atoms with Crippen molar-refractivity contribution in [3.8, 4) is 6.07 Å². The van der Waals surface area contributed by atoms with E-state index in [0.717, 1.165) is 5.56 Å². The van der Waals surface area contributed by atoms with Crippen molar-refractivity contribution in [2.45, 2.75) is 24.5 Å². The molecule has 0 bridgehead atoms. The standard InChI is InChI=1S/C14H16N2O3/c1-19-12-8-14(10-15,16(9-12)13(17)18)7-11-5-3-2-4-6-11/h2-6,12H,7-9H2,1H3,(H,17,18)/t12-,14+/m1/s1. The minimum absolute atomic E-state index is 0.223. The van der Waals surface area contributed by atoms with Crippen LogP contribution in [-0.4, -0.2) is 41.4 Å². The molecule has 0 aromatic heterocycles. The molecule has 1 amide bonds. The molecule has 1 heterocycles. The highest BCUT2D eigenvalue weighted by atomic mass is 16.5. The minimum atomic E-state index is -1.07. The van der Waals surface area contributed by atoms with Crippen LogP contribution >= 0.6 is 0 Å². The average molecular weight is 260 g/mol. The normalized spacial score (nSPS) is 26.1. The number of hydrogen-bond acceptors (Lipinski definition) is 3. The summed E-state index contributed by atoms with van der Waals surface area (Å²) in [6.07, 6.45) is -0.506. The number of carboxylic acid groups (broad SMARTS) is 1. The first-order valence-electron chi connectivity index (χ1n) is 6.10. The van der Waals surface area contributed by atoms with E-state index in [9.17, 15) is 15.2 Å². The van der Waals surface area contributed by atoms with Gasteiger partial charge in [0.15, 0.2) is 0 Å². The van der Waals surface area contributed by atoms with Crippen LogP contribution < -0.4 is 0 Å². The lowest BCUT2D eigenvalue weighted by Crippen LogP contribution is -2.47. The first kappa shape index (κ1) is 13.4. The second kappa shape index (κ2) is 5.29. The van der Waals surface area contributed by atoms with Crippen molar-refractivity contribution in [2.24, 2.45) is 0 Å². The Morgan fingerprint density at radius 1 is 1.58 bits per heavy atom. The number of methoxy groups -OCH3 is 1. The maximum atomic E-state index is 11.3. The molecule has 0 radical (unpaired) electrons. The van der Waals surface area contributed by atoms with E-state index in [0.29, 0.717) is 12.8 Å². The van der Waals surface area contributed by atoms with Gasteiger partial charge in [0.05, 0.1) is 18.7 Å². The number of hydrogen-bond donors (Lipinski definition) is 1. The molecule has 0 unspecified atom stereocenters. The third-order valence-electron chi connectivity index (χ3n) is 3.58. The zero-order valence-corrected chi connectivity index (χ0v) is 10.7. The molecule has 2 atom stereocenters. The molecular weight excluding hydrogens is 244 g/mol. The Morgan fingerprint density at radius 2 is 2.26 bits per heavy atom. The van der Waals surface area contributed by atoms with E-state index >= 15 is 0 Å². The van der Waals surface area contributed by atoms with E-state index in [-0.39, 0.29) is 12.6 Å². The molecular formula is C14H16N2O3. The van der Waals surface area contributed by atoms with Crippen molar-refractivity contribution in [3.05, 3.63) is 35.9 Å². The fraction of sp³-hybridized carbons (Fsp3) is 0.429. The number of nitrogens with zero attached hydrogens (tertiary/aromatic N) is 2. The molecule has 0 aliphatic carbocycles. The second-order valence-corrected chi connectivity index (χ2v) is 4.76. The first-order chi connectivity index (χ1) is 9.11. The minimum Gasteiger partial charge on any atom is -0.465 e. The lowest BCUT2D eigenvalue weighted by molar-refractivity contribution is 0.101. The third-order valence-corrected chi connectivity index (χ3v) is 3.58. The molecule has 1 fully saturated rings. The van der Waals surface area contributed by atoms with Crippen molar-refractivity contribution >= 4 is 6.09 Å². The van der Waals surface area contributed by atoms with Gasteiger partial charge in [-0.3, -0.25) is 4.90 Å². The molecule has 5 nitrogen and oxygen atoms in total. The van der Waals surface area contributed by atoms with Crippen LogP contribution in [0.5, 0.6) is 0 Å². The predicted octanol–water partition coefficient (Wildman–Crippen LogP) is 1.89. The van der Waals surface area contributed by atoms with Crippen molar-refractivity contribution in [2.75, 3.05) is 13.7 Å². The van der Waals surface area contributed by atoms with Gasteiger partial charge < -0.3 is 9.84 Å². The van der Waals surface area contributed by atoms with Crippen molar-refractivity contribution < 1.29 is 14.6 Å². The van der Waals surface area contributed by atoms with Crippen molar-refractivity contribution in [1.82, 2.24) is 4.90 Å². The van der Waals surface area contributed by atoms with E-state index < -0.39 is 11.6 Å².